The van der Waals surface area contributed by atoms with Crippen LogP contribution in [0.1, 0.15) is 30.6 Å². The van der Waals surface area contributed by atoms with Gasteiger partial charge >= 0.3 is 12.0 Å². The van der Waals surface area contributed by atoms with Gasteiger partial charge in [-0.3, -0.25) is 10.1 Å². The molecule has 120 valence electrons. The van der Waals surface area contributed by atoms with Crippen LogP contribution in [-0.4, -0.2) is 37.7 Å². The van der Waals surface area contributed by atoms with Crippen LogP contribution in [0.15, 0.2) is 24.3 Å². The highest BCUT2D eigenvalue weighted by Crippen LogP contribution is 2.18. The molecule has 22 heavy (non-hydrogen) atoms. The minimum absolute atomic E-state index is 0.229. The van der Waals surface area contributed by atoms with Crippen LogP contribution in [0.3, 0.4) is 0 Å². The van der Waals surface area contributed by atoms with E-state index >= 15 is 0 Å². The number of imide groups is 1. The van der Waals surface area contributed by atoms with Crippen LogP contribution in [0.2, 0.25) is 0 Å². The van der Waals surface area contributed by atoms with Gasteiger partial charge in [0.2, 0.25) is 0 Å². The first-order chi connectivity index (χ1) is 10.6. The van der Waals surface area contributed by atoms with Gasteiger partial charge in [-0.15, -0.1) is 0 Å². The first kappa shape index (κ1) is 17.5. The molecule has 0 radical (unpaired) electrons. The number of amides is 3. The lowest BCUT2D eigenvalue weighted by Crippen LogP contribution is -2.41. The second-order valence-electron chi connectivity index (χ2n) is 4.31. The molecule has 0 spiro atoms. The number of hydrogen-bond acceptors (Lipinski definition) is 5. The SMILES string of the molecule is CCCNC(=O)NC(=O)COC(=O)c1ccccc1OCC. The van der Waals surface area contributed by atoms with Crippen LogP contribution in [0, 0.1) is 0 Å². The Bertz CT molecular complexity index is 530. The lowest BCUT2D eigenvalue weighted by molar-refractivity contribution is -0.123. The summed E-state index contributed by atoms with van der Waals surface area (Å²) in [5.41, 5.74) is 0.229. The van der Waals surface area contributed by atoms with E-state index in [0.29, 0.717) is 18.9 Å². The Balaban J connectivity index is 2.49. The first-order valence-corrected chi connectivity index (χ1v) is 7.05. The lowest BCUT2D eigenvalue weighted by atomic mass is 10.2. The van der Waals surface area contributed by atoms with E-state index in [1.807, 2.05) is 6.92 Å². The van der Waals surface area contributed by atoms with Crippen molar-refractivity contribution in [1.29, 1.82) is 0 Å². The molecule has 0 aliphatic carbocycles. The van der Waals surface area contributed by atoms with Crippen molar-refractivity contribution in [3.63, 3.8) is 0 Å². The zero-order valence-electron chi connectivity index (χ0n) is 12.7. The predicted molar refractivity (Wildman–Crippen MR) is 79.7 cm³/mol. The van der Waals surface area contributed by atoms with Crippen molar-refractivity contribution in [2.75, 3.05) is 19.8 Å². The van der Waals surface area contributed by atoms with Crippen molar-refractivity contribution in [3.05, 3.63) is 29.8 Å². The Hall–Kier alpha value is -2.57. The number of ether oxygens (including phenoxy) is 2. The molecule has 0 heterocycles. The van der Waals surface area contributed by atoms with E-state index in [4.69, 9.17) is 9.47 Å². The van der Waals surface area contributed by atoms with Crippen LogP contribution in [0.25, 0.3) is 0 Å². The monoisotopic (exact) mass is 308 g/mol. The molecule has 0 atom stereocenters. The van der Waals surface area contributed by atoms with Gasteiger partial charge in [-0.1, -0.05) is 19.1 Å². The molecular weight excluding hydrogens is 288 g/mol. The summed E-state index contributed by atoms with van der Waals surface area (Å²) in [6.45, 7) is 4.01. The van der Waals surface area contributed by atoms with Gasteiger partial charge in [-0.25, -0.2) is 9.59 Å². The van der Waals surface area contributed by atoms with Crippen LogP contribution >= 0.6 is 0 Å². The molecule has 0 unspecified atom stereocenters. The second kappa shape index (κ2) is 9.38. The van der Waals surface area contributed by atoms with Crippen molar-refractivity contribution >= 4 is 17.9 Å². The molecule has 7 heteroatoms. The third kappa shape index (κ3) is 5.82. The number of benzene rings is 1. The summed E-state index contributed by atoms with van der Waals surface area (Å²) in [6.07, 6.45) is 0.755. The van der Waals surface area contributed by atoms with E-state index in [9.17, 15) is 14.4 Å². The van der Waals surface area contributed by atoms with Gasteiger partial charge in [0.25, 0.3) is 5.91 Å². The Morgan fingerprint density at radius 3 is 2.55 bits per heavy atom. The zero-order chi connectivity index (χ0) is 16.4. The van der Waals surface area contributed by atoms with E-state index in [1.54, 1.807) is 31.2 Å². The predicted octanol–water partition coefficient (Wildman–Crippen LogP) is 1.48. The number of para-hydroxylation sites is 1. The lowest BCUT2D eigenvalue weighted by Gasteiger charge is -2.10. The molecule has 0 fully saturated rings. The number of carbonyl (C=O) groups excluding carboxylic acids is 3. The van der Waals surface area contributed by atoms with Crippen molar-refractivity contribution in [2.24, 2.45) is 0 Å². The summed E-state index contributed by atoms with van der Waals surface area (Å²) in [5, 5.41) is 4.54. The molecule has 1 aromatic rings. The maximum atomic E-state index is 11.9. The third-order valence-electron chi connectivity index (χ3n) is 2.53. The molecule has 7 nitrogen and oxygen atoms in total. The molecule has 0 aromatic heterocycles. The average molecular weight is 308 g/mol. The summed E-state index contributed by atoms with van der Waals surface area (Å²) in [5.74, 6) is -1.000. The minimum Gasteiger partial charge on any atom is -0.493 e. The van der Waals surface area contributed by atoms with Gasteiger partial charge in [0.15, 0.2) is 6.61 Å². The van der Waals surface area contributed by atoms with Crippen molar-refractivity contribution in [2.45, 2.75) is 20.3 Å². The van der Waals surface area contributed by atoms with Crippen LogP contribution in [-0.2, 0) is 9.53 Å². The fourth-order valence-electron chi connectivity index (χ4n) is 1.57. The van der Waals surface area contributed by atoms with E-state index in [0.717, 1.165) is 6.42 Å². The molecule has 2 N–H and O–H groups in total. The summed E-state index contributed by atoms with van der Waals surface area (Å²) < 4.78 is 10.2. The number of esters is 1. The third-order valence-corrected chi connectivity index (χ3v) is 2.53. The standard InChI is InChI=1S/C15H20N2O5/c1-3-9-16-15(20)17-13(18)10-22-14(19)11-7-5-6-8-12(11)21-4-2/h5-8H,3-4,9-10H2,1-2H3,(H2,16,17,18,20). The van der Waals surface area contributed by atoms with Gasteiger partial charge in [0, 0.05) is 6.54 Å². The van der Waals surface area contributed by atoms with E-state index in [1.165, 1.54) is 0 Å². The highest BCUT2D eigenvalue weighted by molar-refractivity contribution is 5.97. The smallest absolute Gasteiger partial charge is 0.342 e. The zero-order valence-corrected chi connectivity index (χ0v) is 12.7. The van der Waals surface area contributed by atoms with Gasteiger partial charge in [0.05, 0.1) is 6.61 Å². The van der Waals surface area contributed by atoms with Crippen molar-refractivity contribution in [1.82, 2.24) is 10.6 Å². The summed E-state index contributed by atoms with van der Waals surface area (Å²) in [4.78, 5) is 34.7. The first-order valence-electron chi connectivity index (χ1n) is 7.05. The molecule has 1 aromatic carbocycles. The van der Waals surface area contributed by atoms with Crippen LogP contribution < -0.4 is 15.4 Å². The summed E-state index contributed by atoms with van der Waals surface area (Å²) in [7, 11) is 0. The molecule has 0 saturated carbocycles. The summed E-state index contributed by atoms with van der Waals surface area (Å²) >= 11 is 0. The number of rotatable bonds is 7. The molecule has 0 aliphatic heterocycles. The Kier molecular flexibility index (Phi) is 7.45. The van der Waals surface area contributed by atoms with Gasteiger partial charge < -0.3 is 14.8 Å². The molecule has 0 bridgehead atoms. The summed E-state index contributed by atoms with van der Waals surface area (Å²) in [6, 6.07) is 5.96. The van der Waals surface area contributed by atoms with E-state index in [-0.39, 0.29) is 5.56 Å². The maximum absolute atomic E-state index is 11.9. The van der Waals surface area contributed by atoms with Crippen LogP contribution in [0.5, 0.6) is 5.75 Å². The minimum atomic E-state index is -0.698. The molecule has 3 amide bonds. The fraction of sp³-hybridized carbons (Fsp3) is 0.400. The quantitative estimate of drug-likeness (QED) is 0.744. The number of hydrogen-bond donors (Lipinski definition) is 2. The largest absolute Gasteiger partial charge is 0.493 e. The normalized spacial score (nSPS) is 9.73. The van der Waals surface area contributed by atoms with Crippen LogP contribution in [0.4, 0.5) is 4.79 Å². The Morgan fingerprint density at radius 2 is 1.86 bits per heavy atom. The van der Waals surface area contributed by atoms with E-state index in [2.05, 4.69) is 10.6 Å². The number of urea groups is 1. The molecular formula is C15H20N2O5. The molecule has 0 saturated heterocycles. The average Bonchev–Trinajstić information content (AvgIpc) is 2.51. The maximum Gasteiger partial charge on any atom is 0.342 e. The highest BCUT2D eigenvalue weighted by atomic mass is 16.5. The topological polar surface area (TPSA) is 93.7 Å². The number of carbonyl (C=O) groups is 3. The van der Waals surface area contributed by atoms with Gasteiger partial charge in [-0.2, -0.15) is 0 Å². The van der Waals surface area contributed by atoms with Gasteiger partial charge in [0.1, 0.15) is 11.3 Å². The number of nitrogens with one attached hydrogen (secondary N) is 2. The molecule has 0 aliphatic rings. The Labute approximate surface area is 129 Å². The van der Waals surface area contributed by atoms with Crippen molar-refractivity contribution in [3.8, 4) is 5.75 Å². The van der Waals surface area contributed by atoms with Gasteiger partial charge in [-0.05, 0) is 25.5 Å². The Morgan fingerprint density at radius 1 is 1.14 bits per heavy atom. The highest BCUT2D eigenvalue weighted by Gasteiger charge is 2.15. The second-order valence-corrected chi connectivity index (χ2v) is 4.31. The molecule has 1 rings (SSSR count). The van der Waals surface area contributed by atoms with E-state index < -0.39 is 24.5 Å². The van der Waals surface area contributed by atoms with Crippen molar-refractivity contribution < 1.29 is 23.9 Å². The fourth-order valence-corrected chi connectivity index (χ4v) is 1.57.